The summed E-state index contributed by atoms with van der Waals surface area (Å²) in [5, 5.41) is 13.0. The van der Waals surface area contributed by atoms with Crippen LogP contribution in [-0.2, 0) is 16.6 Å². The van der Waals surface area contributed by atoms with Gasteiger partial charge in [0, 0.05) is 67.3 Å². The molecule has 1 atom stereocenters. The van der Waals surface area contributed by atoms with Gasteiger partial charge in [0.1, 0.15) is 12.0 Å². The number of aromatic nitrogens is 6. The first-order valence-corrected chi connectivity index (χ1v) is 16.2. The average molecular weight is 630 g/mol. The maximum Gasteiger partial charge on any atom is 0.237 e. The molecule has 2 aromatic carbocycles. The van der Waals surface area contributed by atoms with Crippen LogP contribution in [0.4, 0.5) is 5.69 Å². The Balaban J connectivity index is 0.955. The summed E-state index contributed by atoms with van der Waals surface area (Å²) in [5.41, 5.74) is 7.85. The lowest BCUT2D eigenvalue weighted by Gasteiger charge is -2.29. The Kier molecular flexibility index (Phi) is 8.38. The lowest BCUT2D eigenvalue weighted by molar-refractivity contribution is -0.132. The summed E-state index contributed by atoms with van der Waals surface area (Å²) in [4.78, 5) is 41.7. The Morgan fingerprint density at radius 3 is 2.51 bits per heavy atom. The van der Waals surface area contributed by atoms with E-state index in [4.69, 9.17) is 0 Å². The molecule has 7 rings (SSSR count). The fourth-order valence-corrected chi connectivity index (χ4v) is 6.62. The van der Waals surface area contributed by atoms with Gasteiger partial charge < -0.3 is 9.80 Å². The molecule has 1 fully saturated rings. The maximum absolute atomic E-state index is 13.8. The van der Waals surface area contributed by atoms with Crippen molar-refractivity contribution in [3.8, 4) is 22.6 Å². The molecule has 1 saturated heterocycles. The summed E-state index contributed by atoms with van der Waals surface area (Å²) < 4.78 is 1.70. The number of nitrogens with zero attached hydrogens (tertiary/aromatic N) is 8. The molecule has 0 aliphatic carbocycles. The number of anilines is 1. The first-order valence-electron chi connectivity index (χ1n) is 16.2. The van der Waals surface area contributed by atoms with Crippen LogP contribution < -0.4 is 4.90 Å². The highest BCUT2D eigenvalue weighted by atomic mass is 16.2. The van der Waals surface area contributed by atoms with Crippen LogP contribution in [-0.4, -0.2) is 90.8 Å². The Morgan fingerprint density at radius 2 is 1.81 bits per heavy atom. The summed E-state index contributed by atoms with van der Waals surface area (Å²) in [6, 6.07) is 18.3. The number of aryl methyl sites for hydroxylation is 2. The zero-order valence-electron chi connectivity index (χ0n) is 27.1. The summed E-state index contributed by atoms with van der Waals surface area (Å²) in [6.45, 7) is 7.45. The van der Waals surface area contributed by atoms with Gasteiger partial charge in [-0.15, -0.1) is 0 Å². The standard InChI is InChI=1S/C36H39N9O2/c1-4-45(30-11-12-32-31(19-30)34(40-39-32)28-6-5-24(2)37-20-28)36(47)29-13-16-43(21-29)22-33(46)44-17-14-26(15-18-44)25-7-9-27(10-8-25)35-38-23-42(3)41-35/h5-12,14,19-20,23,29H,4,13,15-18,21-22H2,1-3H3,(H,39,40)/t29-/m1/s1. The average Bonchev–Trinajstić information content (AvgIpc) is 3.86. The van der Waals surface area contributed by atoms with Crippen molar-refractivity contribution in [3.63, 3.8) is 0 Å². The van der Waals surface area contributed by atoms with Gasteiger partial charge in [0.25, 0.3) is 0 Å². The van der Waals surface area contributed by atoms with E-state index in [1.807, 2.05) is 79.4 Å². The van der Waals surface area contributed by atoms with Crippen LogP contribution in [0.5, 0.6) is 0 Å². The highest BCUT2D eigenvalue weighted by molar-refractivity contribution is 6.00. The molecule has 11 nitrogen and oxygen atoms in total. The fraction of sp³-hybridized carbons (Fsp3) is 0.333. The van der Waals surface area contributed by atoms with Gasteiger partial charge in [-0.3, -0.25) is 29.3 Å². The number of carbonyl (C=O) groups excluding carboxylic acids is 2. The minimum absolute atomic E-state index is 0.0965. The monoisotopic (exact) mass is 629 g/mol. The third-order valence-electron chi connectivity index (χ3n) is 9.28. The van der Waals surface area contributed by atoms with Crippen LogP contribution in [0.3, 0.4) is 0 Å². The maximum atomic E-state index is 13.8. The van der Waals surface area contributed by atoms with E-state index in [0.29, 0.717) is 38.5 Å². The van der Waals surface area contributed by atoms with Gasteiger partial charge in [-0.2, -0.15) is 10.2 Å². The Bertz CT molecular complexity index is 1940. The van der Waals surface area contributed by atoms with Gasteiger partial charge in [0.2, 0.25) is 11.8 Å². The molecule has 5 aromatic rings. The van der Waals surface area contributed by atoms with Crippen molar-refractivity contribution >= 4 is 34.0 Å². The van der Waals surface area contributed by atoms with Crippen molar-refractivity contribution in [2.45, 2.75) is 26.7 Å². The number of carbonyl (C=O) groups is 2. The predicted molar refractivity (Wildman–Crippen MR) is 182 cm³/mol. The van der Waals surface area contributed by atoms with Gasteiger partial charge in [0.05, 0.1) is 18.0 Å². The van der Waals surface area contributed by atoms with E-state index in [1.54, 1.807) is 11.0 Å². The van der Waals surface area contributed by atoms with Crippen LogP contribution in [0.1, 0.15) is 31.0 Å². The third-order valence-corrected chi connectivity index (χ3v) is 9.28. The van der Waals surface area contributed by atoms with Gasteiger partial charge in [-0.1, -0.05) is 30.3 Å². The molecule has 11 heteroatoms. The predicted octanol–water partition coefficient (Wildman–Crippen LogP) is 4.72. The number of hydrogen-bond donors (Lipinski definition) is 1. The Morgan fingerprint density at radius 1 is 1.00 bits per heavy atom. The molecule has 2 aliphatic rings. The Labute approximate surface area is 273 Å². The first-order chi connectivity index (χ1) is 22.9. The second kappa shape index (κ2) is 12.9. The van der Waals surface area contributed by atoms with E-state index in [2.05, 4.69) is 48.4 Å². The van der Waals surface area contributed by atoms with E-state index >= 15 is 0 Å². The number of pyridine rings is 1. The normalized spacial score (nSPS) is 16.9. The van der Waals surface area contributed by atoms with Gasteiger partial charge in [0.15, 0.2) is 5.82 Å². The number of amides is 2. The smallest absolute Gasteiger partial charge is 0.237 e. The number of rotatable bonds is 8. The molecule has 0 radical (unpaired) electrons. The molecule has 240 valence electrons. The topological polar surface area (TPSA) is 116 Å². The molecular weight excluding hydrogens is 590 g/mol. The molecule has 5 heterocycles. The minimum atomic E-state index is -0.152. The molecular formula is C36H39N9O2. The van der Waals surface area contributed by atoms with Gasteiger partial charge in [-0.25, -0.2) is 4.98 Å². The van der Waals surface area contributed by atoms with E-state index in [1.165, 1.54) is 5.57 Å². The zero-order valence-corrected chi connectivity index (χ0v) is 27.1. The molecule has 3 aromatic heterocycles. The molecule has 2 amide bonds. The first kappa shape index (κ1) is 30.5. The van der Waals surface area contributed by atoms with Crippen LogP contribution in [0.25, 0.3) is 39.1 Å². The van der Waals surface area contributed by atoms with Gasteiger partial charge in [-0.05, 0) is 74.7 Å². The van der Waals surface area contributed by atoms with Gasteiger partial charge >= 0.3 is 0 Å². The second-order valence-corrected chi connectivity index (χ2v) is 12.4. The van der Waals surface area contributed by atoms with Crippen LogP contribution in [0.15, 0.2) is 73.2 Å². The lowest BCUT2D eigenvalue weighted by atomic mass is 9.98. The van der Waals surface area contributed by atoms with Crippen molar-refractivity contribution in [2.75, 3.05) is 44.2 Å². The molecule has 0 bridgehead atoms. The number of aromatic amines is 1. The molecule has 47 heavy (non-hydrogen) atoms. The third kappa shape index (κ3) is 6.31. The number of H-pyrrole nitrogens is 1. The van der Waals surface area contributed by atoms with E-state index < -0.39 is 0 Å². The number of fused-ring (bicyclic) bond motifs is 1. The molecule has 1 N–H and O–H groups in total. The highest BCUT2D eigenvalue weighted by Crippen LogP contribution is 2.31. The van der Waals surface area contributed by atoms with Crippen LogP contribution in [0.2, 0.25) is 0 Å². The lowest BCUT2D eigenvalue weighted by Crippen LogP contribution is -2.42. The van der Waals surface area contributed by atoms with Crippen molar-refractivity contribution in [1.29, 1.82) is 0 Å². The number of likely N-dealkylation sites (tertiary alicyclic amines) is 1. The Hall–Kier alpha value is -5.16. The highest BCUT2D eigenvalue weighted by Gasteiger charge is 2.33. The molecule has 2 aliphatic heterocycles. The van der Waals surface area contributed by atoms with Crippen molar-refractivity contribution in [2.24, 2.45) is 13.0 Å². The number of nitrogens with one attached hydrogen (secondary N) is 1. The SMILES string of the molecule is CCN(C(=O)[C@@H]1CCN(CC(=O)N2CC=C(c3ccc(-c4ncn(C)n4)cc3)CC2)C1)c1ccc2[nH]nc(-c3ccc(C)nc3)c2c1. The molecule has 0 saturated carbocycles. The van der Waals surface area contributed by atoms with Crippen molar-refractivity contribution < 1.29 is 9.59 Å². The van der Waals surface area contributed by atoms with E-state index in [9.17, 15) is 9.59 Å². The van der Waals surface area contributed by atoms with Crippen LogP contribution in [0, 0.1) is 12.8 Å². The fourth-order valence-electron chi connectivity index (χ4n) is 6.62. The second-order valence-electron chi connectivity index (χ2n) is 12.4. The van der Waals surface area contributed by atoms with Crippen molar-refractivity contribution in [1.82, 2.24) is 39.7 Å². The van der Waals surface area contributed by atoms with Crippen molar-refractivity contribution in [3.05, 3.63) is 84.5 Å². The summed E-state index contributed by atoms with van der Waals surface area (Å²) in [5.74, 6) is 0.767. The largest absolute Gasteiger partial charge is 0.338 e. The zero-order chi connectivity index (χ0) is 32.5. The van der Waals surface area contributed by atoms with E-state index in [0.717, 1.165) is 64.1 Å². The van der Waals surface area contributed by atoms with Crippen LogP contribution >= 0.6 is 0 Å². The molecule has 0 unspecified atom stereocenters. The summed E-state index contributed by atoms with van der Waals surface area (Å²) in [6.07, 6.45) is 7.23. The quantitative estimate of drug-likeness (QED) is 0.264. The van der Waals surface area contributed by atoms with E-state index in [-0.39, 0.29) is 17.7 Å². The summed E-state index contributed by atoms with van der Waals surface area (Å²) in [7, 11) is 1.86. The summed E-state index contributed by atoms with van der Waals surface area (Å²) >= 11 is 0. The molecule has 0 spiro atoms. The minimum Gasteiger partial charge on any atom is -0.338 e. The number of hydrogen-bond acceptors (Lipinski definition) is 7. The number of benzene rings is 2.